The third-order valence-corrected chi connectivity index (χ3v) is 5.15. The highest BCUT2D eigenvalue weighted by molar-refractivity contribution is 7.10. The first kappa shape index (κ1) is 17.2. The van der Waals surface area contributed by atoms with Gasteiger partial charge in [0.1, 0.15) is 0 Å². The minimum absolute atomic E-state index is 0.122. The molecule has 9 heteroatoms. The van der Waals surface area contributed by atoms with Gasteiger partial charge in [-0.25, -0.2) is 9.97 Å². The Balaban J connectivity index is 1.44. The summed E-state index contributed by atoms with van der Waals surface area (Å²) in [6.07, 6.45) is 8.76. The predicted molar refractivity (Wildman–Crippen MR) is 106 cm³/mol. The van der Waals surface area contributed by atoms with Crippen molar-refractivity contribution in [3.63, 3.8) is 0 Å². The number of aromatic amines is 1. The van der Waals surface area contributed by atoms with Gasteiger partial charge in [-0.2, -0.15) is 0 Å². The summed E-state index contributed by atoms with van der Waals surface area (Å²) in [6.45, 7) is 3.43. The van der Waals surface area contributed by atoms with E-state index in [0.717, 1.165) is 43.2 Å². The third-order valence-electron chi connectivity index (χ3n) is 4.32. The summed E-state index contributed by atoms with van der Waals surface area (Å²) < 4.78 is 0. The molecule has 1 aliphatic rings. The van der Waals surface area contributed by atoms with E-state index in [9.17, 15) is 9.90 Å². The van der Waals surface area contributed by atoms with E-state index in [2.05, 4.69) is 29.7 Å². The number of aromatic hydroxyl groups is 1. The molecule has 0 unspecified atom stereocenters. The van der Waals surface area contributed by atoms with Crippen LogP contribution in [0.25, 0.3) is 12.2 Å². The number of rotatable bonds is 4. The quantitative estimate of drug-likeness (QED) is 0.710. The Kier molecular flexibility index (Phi) is 4.84. The van der Waals surface area contributed by atoms with E-state index in [1.54, 1.807) is 36.8 Å². The largest absolute Gasteiger partial charge is 0.493 e. The molecule has 0 aromatic carbocycles. The summed E-state index contributed by atoms with van der Waals surface area (Å²) >= 11 is 0.952. The molecule has 0 saturated carbocycles. The molecule has 0 spiro atoms. The molecule has 27 heavy (non-hydrogen) atoms. The average Bonchev–Trinajstić information content (AvgIpc) is 3.04. The van der Waals surface area contributed by atoms with Crippen molar-refractivity contribution in [3.8, 4) is 5.88 Å². The van der Waals surface area contributed by atoms with Crippen LogP contribution < -0.4 is 14.7 Å². The summed E-state index contributed by atoms with van der Waals surface area (Å²) in [4.78, 5) is 31.3. The molecule has 1 fully saturated rings. The van der Waals surface area contributed by atoms with E-state index >= 15 is 0 Å². The van der Waals surface area contributed by atoms with Crippen molar-refractivity contribution in [2.24, 2.45) is 0 Å². The predicted octanol–water partition coefficient (Wildman–Crippen LogP) is 1.82. The minimum Gasteiger partial charge on any atom is -0.493 e. The third kappa shape index (κ3) is 3.98. The van der Waals surface area contributed by atoms with Crippen LogP contribution in [0.2, 0.25) is 0 Å². The SMILES string of the molecule is O=c1[nH]c(O)c(/C=C/c2ccnc(N3CCN(c4ccncc4)CC3)n2)s1. The van der Waals surface area contributed by atoms with Gasteiger partial charge in [0.2, 0.25) is 11.8 Å². The molecular formula is C18H18N6O2S. The van der Waals surface area contributed by atoms with Crippen LogP contribution in [0.15, 0.2) is 41.6 Å². The van der Waals surface area contributed by atoms with Crippen LogP contribution >= 0.6 is 11.3 Å². The summed E-state index contributed by atoms with van der Waals surface area (Å²) in [7, 11) is 0. The van der Waals surface area contributed by atoms with Gasteiger partial charge in [-0.05, 0) is 30.4 Å². The molecule has 0 aliphatic carbocycles. The molecule has 138 valence electrons. The maximum atomic E-state index is 11.2. The zero-order valence-corrected chi connectivity index (χ0v) is 15.3. The van der Waals surface area contributed by atoms with E-state index in [1.807, 2.05) is 12.1 Å². The second kappa shape index (κ2) is 7.58. The van der Waals surface area contributed by atoms with Gasteiger partial charge in [0.05, 0.1) is 10.6 Å². The minimum atomic E-state index is -0.289. The van der Waals surface area contributed by atoms with Crippen molar-refractivity contribution in [2.75, 3.05) is 36.0 Å². The van der Waals surface area contributed by atoms with Crippen molar-refractivity contribution in [2.45, 2.75) is 0 Å². The van der Waals surface area contributed by atoms with Crippen molar-refractivity contribution >= 4 is 35.1 Å². The number of hydrogen-bond donors (Lipinski definition) is 2. The number of nitrogens with zero attached hydrogens (tertiary/aromatic N) is 5. The second-order valence-electron chi connectivity index (χ2n) is 6.02. The van der Waals surface area contributed by atoms with Gasteiger partial charge in [-0.3, -0.25) is 14.8 Å². The number of piperazine rings is 1. The summed E-state index contributed by atoms with van der Waals surface area (Å²) in [6, 6.07) is 5.82. The van der Waals surface area contributed by atoms with Crippen LogP contribution in [0.3, 0.4) is 0 Å². The highest BCUT2D eigenvalue weighted by atomic mass is 32.1. The zero-order chi connectivity index (χ0) is 18.6. The van der Waals surface area contributed by atoms with E-state index in [0.29, 0.717) is 10.8 Å². The molecule has 4 rings (SSSR count). The number of H-pyrrole nitrogens is 1. The monoisotopic (exact) mass is 382 g/mol. The highest BCUT2D eigenvalue weighted by Crippen LogP contribution is 2.20. The van der Waals surface area contributed by atoms with Crippen LogP contribution in [0, 0.1) is 0 Å². The molecule has 0 amide bonds. The first-order valence-electron chi connectivity index (χ1n) is 8.52. The van der Waals surface area contributed by atoms with Crippen LogP contribution in [0.1, 0.15) is 10.6 Å². The normalized spacial score (nSPS) is 14.8. The molecule has 4 heterocycles. The Hall–Kier alpha value is -3.20. The lowest BCUT2D eigenvalue weighted by Crippen LogP contribution is -2.47. The van der Waals surface area contributed by atoms with E-state index in [-0.39, 0.29) is 10.8 Å². The molecule has 0 bridgehead atoms. The molecular weight excluding hydrogens is 364 g/mol. The van der Waals surface area contributed by atoms with Crippen molar-refractivity contribution < 1.29 is 5.11 Å². The molecule has 1 aliphatic heterocycles. The van der Waals surface area contributed by atoms with Gasteiger partial charge in [0, 0.05) is 50.5 Å². The Bertz CT molecular complexity index is 992. The highest BCUT2D eigenvalue weighted by Gasteiger charge is 2.19. The fourth-order valence-electron chi connectivity index (χ4n) is 2.93. The van der Waals surface area contributed by atoms with Crippen molar-refractivity contribution in [3.05, 3.63) is 57.0 Å². The lowest BCUT2D eigenvalue weighted by Gasteiger charge is -2.36. The standard InChI is InChI=1S/C18H18N6O2S/c25-16-15(27-18(26)22-16)2-1-13-3-8-20-17(21-13)24-11-9-23(10-12-24)14-4-6-19-7-5-14/h1-8,25H,9-12H2,(H,22,26)/b2-1+. The fourth-order valence-corrected chi connectivity index (χ4v) is 3.56. The topological polar surface area (TPSA) is 98.2 Å². The summed E-state index contributed by atoms with van der Waals surface area (Å²) in [5.41, 5.74) is 1.89. The number of hydrogen-bond acceptors (Lipinski definition) is 8. The Morgan fingerprint density at radius 2 is 1.78 bits per heavy atom. The van der Waals surface area contributed by atoms with Crippen molar-refractivity contribution in [1.29, 1.82) is 0 Å². The van der Waals surface area contributed by atoms with E-state index in [1.165, 1.54) is 5.69 Å². The van der Waals surface area contributed by atoms with E-state index < -0.39 is 0 Å². The van der Waals surface area contributed by atoms with Gasteiger partial charge in [-0.15, -0.1) is 0 Å². The first-order valence-corrected chi connectivity index (χ1v) is 9.34. The van der Waals surface area contributed by atoms with Crippen LogP contribution in [0.5, 0.6) is 5.88 Å². The van der Waals surface area contributed by atoms with E-state index in [4.69, 9.17) is 0 Å². The molecule has 0 radical (unpaired) electrons. The lowest BCUT2D eigenvalue weighted by atomic mass is 10.2. The number of thiazole rings is 1. The Labute approximate surface area is 159 Å². The average molecular weight is 382 g/mol. The van der Waals surface area contributed by atoms with Crippen LogP contribution in [0.4, 0.5) is 11.6 Å². The number of anilines is 2. The lowest BCUT2D eigenvalue weighted by molar-refractivity contribution is 0.455. The van der Waals surface area contributed by atoms with Gasteiger partial charge in [0.15, 0.2) is 0 Å². The van der Waals surface area contributed by atoms with Gasteiger partial charge in [-0.1, -0.05) is 11.3 Å². The molecule has 2 N–H and O–H groups in total. The number of pyridine rings is 1. The smallest absolute Gasteiger partial charge is 0.307 e. The van der Waals surface area contributed by atoms with Crippen molar-refractivity contribution in [1.82, 2.24) is 19.9 Å². The zero-order valence-electron chi connectivity index (χ0n) is 14.4. The molecule has 0 atom stereocenters. The molecule has 1 saturated heterocycles. The number of nitrogens with one attached hydrogen (secondary N) is 1. The molecule has 3 aromatic heterocycles. The first-order chi connectivity index (χ1) is 13.2. The fraction of sp³-hybridized carbons (Fsp3) is 0.222. The van der Waals surface area contributed by atoms with Gasteiger partial charge >= 0.3 is 4.87 Å². The molecule has 8 nitrogen and oxygen atoms in total. The van der Waals surface area contributed by atoms with Gasteiger partial charge < -0.3 is 14.9 Å². The Morgan fingerprint density at radius 1 is 1.04 bits per heavy atom. The summed E-state index contributed by atoms with van der Waals surface area (Å²) in [5.74, 6) is 0.556. The summed E-state index contributed by atoms with van der Waals surface area (Å²) in [5, 5.41) is 9.64. The molecule has 3 aromatic rings. The second-order valence-corrected chi connectivity index (χ2v) is 7.04. The van der Waals surface area contributed by atoms with Gasteiger partial charge in [0.25, 0.3) is 0 Å². The maximum Gasteiger partial charge on any atom is 0.307 e. The maximum absolute atomic E-state index is 11.2. The van der Waals surface area contributed by atoms with Crippen LogP contribution in [-0.4, -0.2) is 51.2 Å². The number of aromatic nitrogens is 4. The van der Waals surface area contributed by atoms with Crippen LogP contribution in [-0.2, 0) is 0 Å². The Morgan fingerprint density at radius 3 is 2.48 bits per heavy atom.